The van der Waals surface area contributed by atoms with Crippen molar-refractivity contribution in [2.45, 2.75) is 51.1 Å². The van der Waals surface area contributed by atoms with Crippen LogP contribution < -0.4 is 5.32 Å². The van der Waals surface area contributed by atoms with Gasteiger partial charge in [0.25, 0.3) is 0 Å². The predicted molar refractivity (Wildman–Crippen MR) is 151 cm³/mol. The lowest BCUT2D eigenvalue weighted by atomic mass is 10.0. The first kappa shape index (κ1) is 28.1. The molecule has 1 N–H and O–H groups in total. The summed E-state index contributed by atoms with van der Waals surface area (Å²) in [4.78, 5) is 28.9. The van der Waals surface area contributed by atoms with Gasteiger partial charge in [-0.1, -0.05) is 89.9 Å². The Hall–Kier alpha value is -2.47. The maximum absolute atomic E-state index is 13.7. The number of thioether (sulfide) groups is 1. The van der Waals surface area contributed by atoms with Crippen LogP contribution in [-0.4, -0.2) is 34.0 Å². The minimum Gasteiger partial charge on any atom is -0.350 e. The molecule has 3 aromatic carbocycles. The van der Waals surface area contributed by atoms with E-state index in [1.54, 1.807) is 23.1 Å². The molecular formula is C29H32Cl2N2O2S. The number of nitrogens with zero attached hydrogens (tertiary/aromatic N) is 1. The van der Waals surface area contributed by atoms with E-state index >= 15 is 0 Å². The van der Waals surface area contributed by atoms with Crippen molar-refractivity contribution < 1.29 is 9.59 Å². The van der Waals surface area contributed by atoms with Crippen molar-refractivity contribution >= 4 is 46.8 Å². The third-order valence-electron chi connectivity index (χ3n) is 5.50. The van der Waals surface area contributed by atoms with Gasteiger partial charge in [0, 0.05) is 34.3 Å². The summed E-state index contributed by atoms with van der Waals surface area (Å²) in [6.07, 6.45) is 0.419. The second kappa shape index (κ2) is 13.2. The molecule has 0 aliphatic carbocycles. The van der Waals surface area contributed by atoms with Crippen molar-refractivity contribution in [2.24, 2.45) is 0 Å². The summed E-state index contributed by atoms with van der Waals surface area (Å²) in [5, 5.41) is 4.24. The molecule has 1 unspecified atom stereocenters. The average molecular weight is 544 g/mol. The summed E-state index contributed by atoms with van der Waals surface area (Å²) in [7, 11) is 0. The molecule has 0 aliphatic heterocycles. The number of amides is 2. The van der Waals surface area contributed by atoms with Crippen LogP contribution >= 0.6 is 35.0 Å². The van der Waals surface area contributed by atoms with Crippen LogP contribution in [0.1, 0.15) is 37.5 Å². The second-order valence-corrected chi connectivity index (χ2v) is 11.4. The van der Waals surface area contributed by atoms with Gasteiger partial charge in [-0.3, -0.25) is 9.59 Å². The number of carbonyl (C=O) groups is 2. The topological polar surface area (TPSA) is 49.4 Å². The quantitative estimate of drug-likeness (QED) is 0.307. The molecule has 2 amide bonds. The van der Waals surface area contributed by atoms with E-state index in [9.17, 15) is 9.59 Å². The Morgan fingerprint density at radius 2 is 1.42 bits per heavy atom. The molecule has 0 radical (unpaired) electrons. The summed E-state index contributed by atoms with van der Waals surface area (Å²) in [5.41, 5.74) is 2.34. The normalized spacial score (nSPS) is 12.1. The highest BCUT2D eigenvalue weighted by Crippen LogP contribution is 2.28. The minimum absolute atomic E-state index is 0.114. The molecule has 0 fully saturated rings. The largest absolute Gasteiger partial charge is 0.350 e. The number of halogens is 2. The van der Waals surface area contributed by atoms with Crippen LogP contribution in [0, 0.1) is 0 Å². The van der Waals surface area contributed by atoms with Crippen LogP contribution in [0.5, 0.6) is 0 Å². The van der Waals surface area contributed by atoms with E-state index in [0.717, 1.165) is 16.7 Å². The van der Waals surface area contributed by atoms with Crippen LogP contribution in [0.2, 0.25) is 10.0 Å². The number of rotatable bonds is 10. The lowest BCUT2D eigenvalue weighted by Gasteiger charge is -2.34. The first-order valence-corrected chi connectivity index (χ1v) is 13.7. The van der Waals surface area contributed by atoms with Gasteiger partial charge in [-0.25, -0.2) is 0 Å². The Labute approximate surface area is 228 Å². The van der Waals surface area contributed by atoms with Crippen LogP contribution in [0.3, 0.4) is 0 Å². The van der Waals surface area contributed by atoms with E-state index in [2.05, 4.69) is 5.32 Å². The van der Waals surface area contributed by atoms with E-state index in [0.29, 0.717) is 28.8 Å². The smallest absolute Gasteiger partial charge is 0.243 e. The Kier molecular flexibility index (Phi) is 10.3. The van der Waals surface area contributed by atoms with Crippen molar-refractivity contribution in [3.63, 3.8) is 0 Å². The molecule has 0 saturated carbocycles. The summed E-state index contributed by atoms with van der Waals surface area (Å²) in [5.74, 6) is 0.412. The molecule has 1 atom stereocenters. The first-order valence-electron chi connectivity index (χ1n) is 11.8. The zero-order valence-electron chi connectivity index (χ0n) is 20.8. The van der Waals surface area contributed by atoms with Gasteiger partial charge in [0.1, 0.15) is 6.04 Å². The number of benzene rings is 3. The van der Waals surface area contributed by atoms with Crippen molar-refractivity contribution in [3.8, 4) is 0 Å². The van der Waals surface area contributed by atoms with Crippen molar-refractivity contribution in [2.75, 3.05) is 5.75 Å². The summed E-state index contributed by atoms with van der Waals surface area (Å²) < 4.78 is 0. The monoisotopic (exact) mass is 542 g/mol. The van der Waals surface area contributed by atoms with Crippen molar-refractivity contribution in [1.29, 1.82) is 0 Å². The molecule has 36 heavy (non-hydrogen) atoms. The van der Waals surface area contributed by atoms with Gasteiger partial charge in [-0.05, 0) is 49.6 Å². The highest BCUT2D eigenvalue weighted by Gasteiger charge is 2.32. The molecule has 0 aromatic heterocycles. The fourth-order valence-electron chi connectivity index (χ4n) is 3.78. The van der Waals surface area contributed by atoms with Gasteiger partial charge in [-0.15, -0.1) is 11.8 Å². The highest BCUT2D eigenvalue weighted by atomic mass is 35.5. The van der Waals surface area contributed by atoms with Gasteiger partial charge in [-0.2, -0.15) is 0 Å². The molecule has 0 spiro atoms. The van der Waals surface area contributed by atoms with Crippen LogP contribution in [-0.2, 0) is 28.3 Å². The molecule has 3 rings (SSSR count). The van der Waals surface area contributed by atoms with E-state index in [1.807, 2.05) is 81.4 Å². The van der Waals surface area contributed by atoms with Crippen molar-refractivity contribution in [3.05, 3.63) is 106 Å². The molecule has 190 valence electrons. The first-order chi connectivity index (χ1) is 17.1. The fraction of sp³-hybridized carbons (Fsp3) is 0.310. The maximum Gasteiger partial charge on any atom is 0.243 e. The number of carbonyl (C=O) groups excluding carboxylic acids is 2. The van der Waals surface area contributed by atoms with E-state index in [1.165, 1.54) is 11.8 Å². The molecule has 4 nitrogen and oxygen atoms in total. The molecule has 3 aromatic rings. The number of hydrogen-bond donors (Lipinski definition) is 1. The molecule has 7 heteroatoms. The fourth-order valence-corrected chi connectivity index (χ4v) is 5.43. The van der Waals surface area contributed by atoms with E-state index in [-0.39, 0.29) is 17.6 Å². The zero-order valence-corrected chi connectivity index (χ0v) is 23.2. The third-order valence-corrected chi connectivity index (χ3v) is 7.15. The van der Waals surface area contributed by atoms with Gasteiger partial charge in [0.15, 0.2) is 0 Å². The van der Waals surface area contributed by atoms with E-state index in [4.69, 9.17) is 23.2 Å². The maximum atomic E-state index is 13.7. The Morgan fingerprint density at radius 3 is 1.97 bits per heavy atom. The average Bonchev–Trinajstić information content (AvgIpc) is 2.83. The Bertz CT molecular complexity index is 1130. The van der Waals surface area contributed by atoms with Gasteiger partial charge < -0.3 is 10.2 Å². The SMILES string of the molecule is CC(C)(C)NC(=O)C(Cc1ccccc1)N(Cc1ccccc1)C(=O)CSCc1c(Cl)cccc1Cl. The lowest BCUT2D eigenvalue weighted by Crippen LogP contribution is -2.54. The second-order valence-electron chi connectivity index (χ2n) is 9.65. The molecule has 0 heterocycles. The summed E-state index contributed by atoms with van der Waals surface area (Å²) in [6, 6.07) is 24.3. The number of hydrogen-bond acceptors (Lipinski definition) is 3. The highest BCUT2D eigenvalue weighted by molar-refractivity contribution is 7.99. The molecular weight excluding hydrogens is 511 g/mol. The van der Waals surface area contributed by atoms with Crippen molar-refractivity contribution in [1.82, 2.24) is 10.2 Å². The zero-order chi connectivity index (χ0) is 26.1. The lowest BCUT2D eigenvalue weighted by molar-refractivity contribution is -0.140. The van der Waals surface area contributed by atoms with Crippen LogP contribution in [0.25, 0.3) is 0 Å². The van der Waals surface area contributed by atoms with Gasteiger partial charge in [0.2, 0.25) is 11.8 Å². The number of nitrogens with one attached hydrogen (secondary N) is 1. The molecule has 0 saturated heterocycles. The summed E-state index contributed by atoms with van der Waals surface area (Å²) >= 11 is 14.1. The van der Waals surface area contributed by atoms with Gasteiger partial charge in [0.05, 0.1) is 5.75 Å². The predicted octanol–water partition coefficient (Wildman–Crippen LogP) is 6.78. The van der Waals surface area contributed by atoms with Crippen LogP contribution in [0.4, 0.5) is 0 Å². The molecule has 0 bridgehead atoms. The van der Waals surface area contributed by atoms with Gasteiger partial charge >= 0.3 is 0 Å². The minimum atomic E-state index is -0.663. The third kappa shape index (κ3) is 8.58. The Balaban J connectivity index is 1.86. The van der Waals surface area contributed by atoms with Crippen LogP contribution in [0.15, 0.2) is 78.9 Å². The summed E-state index contributed by atoms with van der Waals surface area (Å²) in [6.45, 7) is 6.16. The molecule has 0 aliphatic rings. The Morgan fingerprint density at radius 1 is 0.861 bits per heavy atom. The van der Waals surface area contributed by atoms with E-state index < -0.39 is 11.6 Å². The standard InChI is InChI=1S/C29H32Cl2N2O2S/c1-29(2,3)32-28(35)26(17-21-11-6-4-7-12-21)33(18-22-13-8-5-9-14-22)27(34)20-36-19-23-24(30)15-10-16-25(23)31/h4-16,26H,17-20H2,1-3H3,(H,32,35).